The van der Waals surface area contributed by atoms with Crippen LogP contribution in [0.2, 0.25) is 0 Å². The van der Waals surface area contributed by atoms with Crippen molar-refractivity contribution < 1.29 is 17.9 Å². The number of aliphatic imine (C=N–C) groups is 1. The van der Waals surface area contributed by atoms with E-state index in [1.807, 2.05) is 21.2 Å². The van der Waals surface area contributed by atoms with E-state index in [4.69, 9.17) is 16.9 Å². The molecule has 0 aliphatic carbocycles. The van der Waals surface area contributed by atoms with Crippen LogP contribution in [0.25, 0.3) is 10.9 Å². The molecule has 4 nitrogen and oxygen atoms in total. The zero-order valence-electron chi connectivity index (χ0n) is 13.5. The lowest BCUT2D eigenvalue weighted by molar-refractivity contribution is 0.410. The molecule has 0 saturated heterocycles. The van der Waals surface area contributed by atoms with Crippen LogP contribution in [-0.4, -0.2) is 16.4 Å². The van der Waals surface area contributed by atoms with Gasteiger partial charge in [0.15, 0.2) is 17.4 Å². The molecular formula is C18H11F3IN3OS. The highest BCUT2D eigenvalue weighted by Crippen LogP contribution is 2.36. The first kappa shape index (κ1) is 19.4. The molecule has 0 bridgehead atoms. The Morgan fingerprint density at radius 3 is 2.74 bits per heavy atom. The van der Waals surface area contributed by atoms with Crippen LogP contribution < -0.4 is 10.5 Å². The highest BCUT2D eigenvalue weighted by Gasteiger charge is 2.19. The van der Waals surface area contributed by atoms with E-state index in [0.29, 0.717) is 5.52 Å². The molecule has 27 heavy (non-hydrogen) atoms. The predicted octanol–water partition coefficient (Wildman–Crippen LogP) is 5.04. The normalized spacial score (nSPS) is 11.6. The maximum atomic E-state index is 14.7. The molecule has 9 heteroatoms. The van der Waals surface area contributed by atoms with E-state index in [2.05, 4.69) is 10.9 Å². The first-order valence-corrected chi connectivity index (χ1v) is 10.8. The fourth-order valence-electron chi connectivity index (χ4n) is 2.42. The fraction of sp³-hybridized carbons (Fsp3) is 0.0556. The molecule has 2 aromatic carbocycles. The summed E-state index contributed by atoms with van der Waals surface area (Å²) in [4.78, 5) is 3.82. The second kappa shape index (κ2) is 8.14. The number of nitrogens with two attached hydrogens (primary N) is 1. The van der Waals surface area contributed by atoms with Gasteiger partial charge in [-0.2, -0.15) is 0 Å². The summed E-state index contributed by atoms with van der Waals surface area (Å²) < 4.78 is 50.1. The third-order valence-electron chi connectivity index (χ3n) is 3.65. The maximum Gasteiger partial charge on any atom is 0.199 e. The van der Waals surface area contributed by atoms with Crippen molar-refractivity contribution >= 4 is 47.1 Å². The molecule has 0 aliphatic heterocycles. The summed E-state index contributed by atoms with van der Waals surface area (Å²) >= 11 is 2.00. The van der Waals surface area contributed by atoms with E-state index in [1.54, 1.807) is 10.2 Å². The Morgan fingerprint density at radius 1 is 1.26 bits per heavy atom. The summed E-state index contributed by atoms with van der Waals surface area (Å²) in [6.45, 7) is -0.0257. The van der Waals surface area contributed by atoms with Gasteiger partial charge in [-0.15, -0.1) is 6.42 Å². The SMILES string of the molecule is C#CCN=C(N)c1cc(Oc2c(F)cc3c(ccn3SI)c2F)ccc1F. The number of halogens is 4. The van der Waals surface area contributed by atoms with Crippen molar-refractivity contribution in [2.24, 2.45) is 10.7 Å². The Morgan fingerprint density at radius 2 is 2.04 bits per heavy atom. The Bertz CT molecular complexity index is 1090. The Kier molecular flexibility index (Phi) is 5.86. The smallest absolute Gasteiger partial charge is 0.199 e. The lowest BCUT2D eigenvalue weighted by atomic mass is 10.1. The monoisotopic (exact) mass is 501 g/mol. The molecule has 0 spiro atoms. The van der Waals surface area contributed by atoms with Crippen molar-refractivity contribution in [2.75, 3.05) is 6.54 Å². The van der Waals surface area contributed by atoms with E-state index in [-0.39, 0.29) is 29.1 Å². The summed E-state index contributed by atoms with van der Waals surface area (Å²) in [6.07, 6.45) is 6.72. The Balaban J connectivity index is 2.02. The minimum atomic E-state index is -0.884. The molecule has 0 radical (unpaired) electrons. The molecule has 0 saturated carbocycles. The van der Waals surface area contributed by atoms with Gasteiger partial charge in [0.05, 0.1) is 11.1 Å². The van der Waals surface area contributed by atoms with Crippen molar-refractivity contribution in [3.8, 4) is 23.8 Å². The third kappa shape index (κ3) is 3.86. The van der Waals surface area contributed by atoms with Crippen molar-refractivity contribution in [1.82, 2.24) is 3.97 Å². The molecule has 1 aromatic heterocycles. The lowest BCUT2D eigenvalue weighted by Crippen LogP contribution is -2.16. The van der Waals surface area contributed by atoms with Crippen LogP contribution in [0.4, 0.5) is 13.2 Å². The van der Waals surface area contributed by atoms with Gasteiger partial charge in [-0.1, -0.05) is 5.92 Å². The number of benzene rings is 2. The second-order valence-corrected chi connectivity index (χ2v) is 7.01. The van der Waals surface area contributed by atoms with Crippen LogP contribution >= 0.6 is 30.3 Å². The Labute approximate surface area is 169 Å². The fourth-order valence-corrected chi connectivity index (χ4v) is 3.78. The van der Waals surface area contributed by atoms with Gasteiger partial charge >= 0.3 is 0 Å². The third-order valence-corrected chi connectivity index (χ3v) is 5.40. The minimum absolute atomic E-state index is 0.00473. The number of hydrogen-bond donors (Lipinski definition) is 1. The van der Waals surface area contributed by atoms with E-state index < -0.39 is 23.2 Å². The van der Waals surface area contributed by atoms with Gasteiger partial charge in [-0.25, -0.2) is 13.2 Å². The summed E-state index contributed by atoms with van der Waals surface area (Å²) in [6, 6.07) is 6.21. The zero-order chi connectivity index (χ0) is 19.6. The maximum absolute atomic E-state index is 14.7. The summed E-state index contributed by atoms with van der Waals surface area (Å²) in [7, 11) is 1.28. The van der Waals surface area contributed by atoms with Crippen molar-refractivity contribution in [2.45, 2.75) is 0 Å². The van der Waals surface area contributed by atoms with Gasteiger partial charge in [0.2, 0.25) is 0 Å². The Hall–Kier alpha value is -2.32. The molecule has 3 aromatic rings. The minimum Gasteiger partial charge on any atom is -0.451 e. The van der Waals surface area contributed by atoms with Gasteiger partial charge in [0, 0.05) is 48.0 Å². The van der Waals surface area contributed by atoms with Gasteiger partial charge in [0.25, 0.3) is 0 Å². The molecular weight excluding hydrogens is 490 g/mol. The largest absolute Gasteiger partial charge is 0.451 e. The highest BCUT2D eigenvalue weighted by molar-refractivity contribution is 14.2. The topological polar surface area (TPSA) is 52.5 Å². The van der Waals surface area contributed by atoms with Crippen LogP contribution in [0, 0.1) is 29.8 Å². The van der Waals surface area contributed by atoms with Gasteiger partial charge in [-0.3, -0.25) is 8.96 Å². The number of amidine groups is 1. The van der Waals surface area contributed by atoms with E-state index in [0.717, 1.165) is 6.07 Å². The number of ether oxygens (including phenoxy) is 1. The number of aromatic nitrogens is 1. The van der Waals surface area contributed by atoms with E-state index in [1.165, 1.54) is 33.4 Å². The summed E-state index contributed by atoms with van der Waals surface area (Å²) in [5, 5.41) is 0.202. The summed E-state index contributed by atoms with van der Waals surface area (Å²) in [5.41, 5.74) is 6.01. The average Bonchev–Trinajstić information content (AvgIpc) is 3.07. The highest BCUT2D eigenvalue weighted by atomic mass is 127. The van der Waals surface area contributed by atoms with Gasteiger partial charge in [0.1, 0.15) is 23.9 Å². The van der Waals surface area contributed by atoms with Crippen molar-refractivity contribution in [3.63, 3.8) is 0 Å². The quantitative estimate of drug-likeness (QED) is 0.231. The first-order chi connectivity index (χ1) is 13.0. The predicted molar refractivity (Wildman–Crippen MR) is 110 cm³/mol. The van der Waals surface area contributed by atoms with Crippen LogP contribution in [0.5, 0.6) is 11.5 Å². The molecule has 0 fully saturated rings. The average molecular weight is 501 g/mol. The number of hydrogen-bond acceptors (Lipinski definition) is 3. The van der Waals surface area contributed by atoms with E-state index in [9.17, 15) is 13.2 Å². The molecule has 0 unspecified atom stereocenters. The number of rotatable bonds is 5. The number of terminal acetylenes is 1. The summed E-state index contributed by atoms with van der Waals surface area (Å²) in [5.74, 6) is -0.858. The molecule has 138 valence electrons. The van der Waals surface area contributed by atoms with Crippen LogP contribution in [0.3, 0.4) is 0 Å². The molecule has 1 heterocycles. The lowest BCUT2D eigenvalue weighted by Gasteiger charge is -2.11. The number of fused-ring (bicyclic) bond motifs is 1. The van der Waals surface area contributed by atoms with Crippen LogP contribution in [-0.2, 0) is 0 Å². The van der Waals surface area contributed by atoms with Crippen LogP contribution in [0.15, 0.2) is 41.5 Å². The number of nitrogens with zero attached hydrogens (tertiary/aromatic N) is 2. The standard InChI is InChI=1S/C18H11F3IN3OS/c1-2-6-24-18(23)12-8-10(3-4-13(12)19)26-17-14(20)9-15-11(16(17)21)5-7-25(15)27-22/h1,3-5,7-9H,6H2,(H2,23,24). The van der Waals surface area contributed by atoms with Gasteiger partial charge < -0.3 is 10.5 Å². The van der Waals surface area contributed by atoms with Gasteiger partial charge in [-0.05, 0) is 24.3 Å². The second-order valence-electron chi connectivity index (χ2n) is 5.29. The molecule has 2 N–H and O–H groups in total. The zero-order valence-corrected chi connectivity index (χ0v) is 16.5. The molecule has 3 rings (SSSR count). The molecule has 0 amide bonds. The first-order valence-electron chi connectivity index (χ1n) is 7.45. The molecule has 0 aliphatic rings. The van der Waals surface area contributed by atoms with Crippen molar-refractivity contribution in [1.29, 1.82) is 0 Å². The van der Waals surface area contributed by atoms with Crippen molar-refractivity contribution in [3.05, 3.63) is 59.5 Å². The molecule has 0 atom stereocenters. The van der Waals surface area contributed by atoms with E-state index >= 15 is 0 Å². The van der Waals surface area contributed by atoms with Crippen LogP contribution in [0.1, 0.15) is 5.56 Å².